The summed E-state index contributed by atoms with van der Waals surface area (Å²) < 4.78 is 32.0. The number of benzene rings is 2. The third kappa shape index (κ3) is 4.80. The van der Waals surface area contributed by atoms with E-state index >= 15 is 0 Å². The molecule has 0 aliphatic heterocycles. The van der Waals surface area contributed by atoms with Crippen LogP contribution < -0.4 is 0 Å². The average molecular weight is 392 g/mol. The Balaban J connectivity index is 1.77. The van der Waals surface area contributed by atoms with E-state index in [1.54, 1.807) is 0 Å². The molecule has 0 atom stereocenters. The number of hydrogen-bond donors (Lipinski definition) is 0. The van der Waals surface area contributed by atoms with E-state index in [0.717, 1.165) is 33.2 Å². The van der Waals surface area contributed by atoms with Crippen molar-refractivity contribution in [3.05, 3.63) is 53.1 Å². The standard InChI is InChI=1S/C18H14ClNO3S2/c1-25(21,22)23-11-3-2-4-13-5-10-16-17(12-13)24-20-18(16)14-6-8-15(19)9-7-14/h5-10,12H,3,11H2,1H3. The van der Waals surface area contributed by atoms with Crippen molar-refractivity contribution in [2.24, 2.45) is 0 Å². The quantitative estimate of drug-likeness (QED) is 0.377. The Morgan fingerprint density at radius 3 is 2.68 bits per heavy atom. The first-order valence-corrected chi connectivity index (χ1v) is 10.4. The zero-order valence-corrected chi connectivity index (χ0v) is 15.7. The maximum atomic E-state index is 10.9. The summed E-state index contributed by atoms with van der Waals surface area (Å²) in [6, 6.07) is 13.5. The minimum atomic E-state index is -3.41. The molecule has 0 unspecified atom stereocenters. The van der Waals surface area contributed by atoms with Crippen LogP contribution in [0.15, 0.2) is 42.5 Å². The first-order valence-electron chi connectivity index (χ1n) is 7.41. The van der Waals surface area contributed by atoms with Crippen LogP contribution in [-0.2, 0) is 14.3 Å². The van der Waals surface area contributed by atoms with Gasteiger partial charge in [0.25, 0.3) is 10.1 Å². The van der Waals surface area contributed by atoms with Gasteiger partial charge in [-0.15, -0.1) is 0 Å². The smallest absolute Gasteiger partial charge is 0.264 e. The highest BCUT2D eigenvalue weighted by Crippen LogP contribution is 2.31. The van der Waals surface area contributed by atoms with Crippen molar-refractivity contribution in [3.63, 3.8) is 0 Å². The van der Waals surface area contributed by atoms with Gasteiger partial charge in [-0.1, -0.05) is 41.6 Å². The van der Waals surface area contributed by atoms with Crippen LogP contribution in [0, 0.1) is 11.8 Å². The summed E-state index contributed by atoms with van der Waals surface area (Å²) in [5, 5.41) is 1.76. The molecule has 3 aromatic rings. The summed E-state index contributed by atoms with van der Waals surface area (Å²) in [4.78, 5) is 0. The predicted octanol–water partition coefficient (Wildman–Crippen LogP) is 4.33. The van der Waals surface area contributed by atoms with Gasteiger partial charge in [-0.2, -0.15) is 12.8 Å². The van der Waals surface area contributed by atoms with Crippen LogP contribution in [0.25, 0.3) is 21.3 Å². The van der Waals surface area contributed by atoms with Crippen LogP contribution >= 0.6 is 23.1 Å². The fourth-order valence-electron chi connectivity index (χ4n) is 2.24. The summed E-state index contributed by atoms with van der Waals surface area (Å²) in [6.45, 7) is 0.0648. The lowest BCUT2D eigenvalue weighted by molar-refractivity contribution is 0.330. The number of fused-ring (bicyclic) bond motifs is 1. The molecule has 0 aliphatic carbocycles. The maximum Gasteiger partial charge on any atom is 0.264 e. The van der Waals surface area contributed by atoms with E-state index in [9.17, 15) is 8.42 Å². The van der Waals surface area contributed by atoms with Gasteiger partial charge in [0.15, 0.2) is 0 Å². The monoisotopic (exact) mass is 391 g/mol. The molecular formula is C18H14ClNO3S2. The molecule has 0 aliphatic rings. The van der Waals surface area contributed by atoms with Crippen molar-refractivity contribution >= 4 is 43.3 Å². The highest BCUT2D eigenvalue weighted by Gasteiger charge is 2.08. The van der Waals surface area contributed by atoms with Crippen LogP contribution in [0.1, 0.15) is 12.0 Å². The Hall–Kier alpha value is -1.91. The maximum absolute atomic E-state index is 10.9. The van der Waals surface area contributed by atoms with E-state index in [0.29, 0.717) is 11.4 Å². The molecule has 1 aromatic heterocycles. The summed E-state index contributed by atoms with van der Waals surface area (Å²) in [5.74, 6) is 5.93. The normalized spacial score (nSPS) is 11.3. The SMILES string of the molecule is CS(=O)(=O)OCCC#Cc1ccc2c(-c3ccc(Cl)cc3)nsc2c1. The lowest BCUT2D eigenvalue weighted by Crippen LogP contribution is -2.03. The summed E-state index contributed by atoms with van der Waals surface area (Å²) >= 11 is 7.35. The highest BCUT2D eigenvalue weighted by molar-refractivity contribution is 7.85. The molecule has 0 saturated heterocycles. The molecule has 1 heterocycles. The Morgan fingerprint density at radius 1 is 1.20 bits per heavy atom. The lowest BCUT2D eigenvalue weighted by Gasteiger charge is -1.99. The second kappa shape index (κ2) is 7.54. The van der Waals surface area contributed by atoms with E-state index in [2.05, 4.69) is 20.4 Å². The van der Waals surface area contributed by atoms with Gasteiger partial charge in [-0.3, -0.25) is 4.18 Å². The number of aromatic nitrogens is 1. The summed E-state index contributed by atoms with van der Waals surface area (Å²) in [5.41, 5.74) is 2.81. The van der Waals surface area contributed by atoms with E-state index < -0.39 is 10.1 Å². The number of hydrogen-bond acceptors (Lipinski definition) is 5. The largest absolute Gasteiger partial charge is 0.269 e. The zero-order valence-electron chi connectivity index (χ0n) is 13.3. The molecule has 0 amide bonds. The van der Waals surface area contributed by atoms with Gasteiger partial charge in [-0.05, 0) is 35.8 Å². The Bertz CT molecular complexity index is 1060. The number of nitrogens with zero attached hydrogens (tertiary/aromatic N) is 1. The Morgan fingerprint density at radius 2 is 1.96 bits per heavy atom. The molecule has 2 aromatic carbocycles. The molecule has 0 bridgehead atoms. The minimum Gasteiger partial charge on any atom is -0.269 e. The molecule has 3 rings (SSSR count). The van der Waals surface area contributed by atoms with Crippen molar-refractivity contribution < 1.29 is 12.6 Å². The summed E-state index contributed by atoms with van der Waals surface area (Å²) in [6.07, 6.45) is 1.38. The van der Waals surface area contributed by atoms with E-state index in [-0.39, 0.29) is 6.61 Å². The second-order valence-corrected chi connectivity index (χ2v) is 8.21. The number of rotatable bonds is 4. The fraction of sp³-hybridized carbons (Fsp3) is 0.167. The van der Waals surface area contributed by atoms with Gasteiger partial charge < -0.3 is 0 Å². The van der Waals surface area contributed by atoms with Gasteiger partial charge in [0.05, 0.1) is 23.3 Å². The van der Waals surface area contributed by atoms with Gasteiger partial charge >= 0.3 is 0 Å². The molecule has 25 heavy (non-hydrogen) atoms. The molecular weight excluding hydrogens is 378 g/mol. The molecule has 4 nitrogen and oxygen atoms in total. The van der Waals surface area contributed by atoms with Crippen LogP contribution in [-0.4, -0.2) is 25.7 Å². The van der Waals surface area contributed by atoms with Crippen molar-refractivity contribution in [2.75, 3.05) is 12.9 Å². The molecule has 0 saturated carbocycles. The first kappa shape index (κ1) is 17.9. The van der Waals surface area contributed by atoms with E-state index in [4.69, 9.17) is 11.6 Å². The topological polar surface area (TPSA) is 56.3 Å². The zero-order chi connectivity index (χ0) is 17.9. The van der Waals surface area contributed by atoms with Crippen molar-refractivity contribution in [1.29, 1.82) is 0 Å². The van der Waals surface area contributed by atoms with E-state index in [1.165, 1.54) is 11.5 Å². The van der Waals surface area contributed by atoms with Crippen molar-refractivity contribution in [1.82, 2.24) is 4.37 Å². The minimum absolute atomic E-state index is 0.0648. The van der Waals surface area contributed by atoms with Crippen LogP contribution in [0.3, 0.4) is 0 Å². The lowest BCUT2D eigenvalue weighted by atomic mass is 10.1. The molecule has 128 valence electrons. The van der Waals surface area contributed by atoms with Gasteiger partial charge in [0.1, 0.15) is 0 Å². The third-order valence-electron chi connectivity index (χ3n) is 3.35. The molecule has 0 N–H and O–H groups in total. The second-order valence-electron chi connectivity index (χ2n) is 5.33. The number of halogens is 1. The first-order chi connectivity index (χ1) is 11.9. The van der Waals surface area contributed by atoms with Crippen LogP contribution in [0.5, 0.6) is 0 Å². The molecule has 0 radical (unpaired) electrons. The predicted molar refractivity (Wildman–Crippen MR) is 102 cm³/mol. The average Bonchev–Trinajstić information content (AvgIpc) is 2.97. The van der Waals surface area contributed by atoms with Crippen molar-refractivity contribution in [2.45, 2.75) is 6.42 Å². The molecule has 7 heteroatoms. The molecule has 0 spiro atoms. The highest BCUT2D eigenvalue weighted by atomic mass is 35.5. The van der Waals surface area contributed by atoms with Gasteiger partial charge in [0.2, 0.25) is 0 Å². The fourth-order valence-corrected chi connectivity index (χ4v) is 3.59. The van der Waals surface area contributed by atoms with Crippen LogP contribution in [0.4, 0.5) is 0 Å². The third-order valence-corrected chi connectivity index (χ3v) is 5.00. The van der Waals surface area contributed by atoms with Crippen molar-refractivity contribution in [3.8, 4) is 23.1 Å². The van der Waals surface area contributed by atoms with Crippen LogP contribution in [0.2, 0.25) is 5.02 Å². The summed E-state index contributed by atoms with van der Waals surface area (Å²) in [7, 11) is -3.41. The Kier molecular flexibility index (Phi) is 5.40. The van der Waals surface area contributed by atoms with E-state index in [1.807, 2.05) is 42.5 Å². The van der Waals surface area contributed by atoms with Gasteiger partial charge in [0, 0.05) is 28.0 Å². The van der Waals surface area contributed by atoms with Gasteiger partial charge in [-0.25, -0.2) is 0 Å². The molecule has 0 fully saturated rings. The Labute approximate surface area is 155 Å².